The minimum atomic E-state index is -4.14. The highest BCUT2D eigenvalue weighted by Gasteiger charge is 2.44. The Hall–Kier alpha value is -3.28. The summed E-state index contributed by atoms with van der Waals surface area (Å²) in [4.78, 5) is 21.1. The number of para-hydroxylation sites is 1. The first-order valence-corrected chi connectivity index (χ1v) is 11.2. The average molecular weight is 474 g/mol. The van der Waals surface area contributed by atoms with E-state index >= 15 is 0 Å². The van der Waals surface area contributed by atoms with Gasteiger partial charge in [-0.1, -0.05) is 23.4 Å². The van der Waals surface area contributed by atoms with Crippen LogP contribution in [-0.4, -0.2) is 61.8 Å². The Morgan fingerprint density at radius 3 is 2.41 bits per heavy atom. The van der Waals surface area contributed by atoms with Crippen LogP contribution in [0.15, 0.2) is 34.9 Å². The molecule has 0 radical (unpaired) electrons. The normalized spacial score (nSPS) is 22.8. The van der Waals surface area contributed by atoms with E-state index in [1.54, 1.807) is 4.90 Å². The number of nitrogens with two attached hydrogens (primary N) is 1. The molecule has 2 aliphatic rings. The second-order valence-electron chi connectivity index (χ2n) is 8.82. The molecule has 4 heterocycles. The minimum absolute atomic E-state index is 0.00784. The quantitative estimate of drug-likeness (QED) is 0.568. The Morgan fingerprint density at radius 2 is 1.74 bits per heavy atom. The van der Waals surface area contributed by atoms with Crippen molar-refractivity contribution >= 4 is 17.6 Å². The summed E-state index contributed by atoms with van der Waals surface area (Å²) in [6.45, 7) is 0.0441. The van der Waals surface area contributed by atoms with E-state index in [-0.39, 0.29) is 42.1 Å². The fourth-order valence-corrected chi connectivity index (χ4v) is 4.99. The van der Waals surface area contributed by atoms with Gasteiger partial charge in [-0.15, -0.1) is 0 Å². The highest BCUT2D eigenvalue weighted by molar-refractivity contribution is 5.58. The highest BCUT2D eigenvalue weighted by Crippen LogP contribution is 2.43. The number of fused-ring (bicyclic) bond motifs is 2. The molecular formula is C22H25F3N8O. The molecule has 3 atom stereocenters. The van der Waals surface area contributed by atoms with Crippen molar-refractivity contribution in [2.45, 2.75) is 56.3 Å². The molecule has 1 aromatic carbocycles. The summed E-state index contributed by atoms with van der Waals surface area (Å²) in [5, 5.41) is 4.06. The van der Waals surface area contributed by atoms with Crippen molar-refractivity contribution in [3.05, 3.63) is 36.2 Å². The SMILES string of the molecule is CN(c1ccccc1)c1nc(N)nc(-c2noc(C3C[C@H]4CC[C@@H](C3)N4CCC(F)(F)F)n2)n1. The van der Waals surface area contributed by atoms with E-state index in [1.165, 1.54) is 0 Å². The lowest BCUT2D eigenvalue weighted by Gasteiger charge is -2.37. The maximum atomic E-state index is 12.7. The van der Waals surface area contributed by atoms with Crippen LogP contribution in [0.5, 0.6) is 0 Å². The second-order valence-corrected chi connectivity index (χ2v) is 8.82. The molecule has 180 valence electrons. The zero-order chi connectivity index (χ0) is 23.9. The lowest BCUT2D eigenvalue weighted by atomic mass is 9.90. The fourth-order valence-electron chi connectivity index (χ4n) is 4.99. The fraction of sp³-hybridized carbons (Fsp3) is 0.500. The molecule has 2 aromatic heterocycles. The summed E-state index contributed by atoms with van der Waals surface area (Å²) in [6, 6.07) is 9.76. The van der Waals surface area contributed by atoms with E-state index < -0.39 is 12.6 Å². The van der Waals surface area contributed by atoms with Gasteiger partial charge in [0.25, 0.3) is 0 Å². The number of anilines is 3. The van der Waals surface area contributed by atoms with Crippen LogP contribution in [0.2, 0.25) is 0 Å². The zero-order valence-electron chi connectivity index (χ0n) is 18.6. The number of hydrogen-bond donors (Lipinski definition) is 1. The smallest absolute Gasteiger partial charge is 0.368 e. The van der Waals surface area contributed by atoms with Crippen molar-refractivity contribution in [3.8, 4) is 11.6 Å². The van der Waals surface area contributed by atoms with Gasteiger partial charge in [-0.25, -0.2) is 0 Å². The molecule has 1 unspecified atom stereocenters. The number of aromatic nitrogens is 5. The van der Waals surface area contributed by atoms with Crippen LogP contribution in [0.3, 0.4) is 0 Å². The number of piperidine rings is 1. The van der Waals surface area contributed by atoms with Crippen molar-refractivity contribution in [3.63, 3.8) is 0 Å². The van der Waals surface area contributed by atoms with Gasteiger partial charge in [0.1, 0.15) is 0 Å². The van der Waals surface area contributed by atoms with Gasteiger partial charge in [-0.05, 0) is 37.8 Å². The van der Waals surface area contributed by atoms with Crippen LogP contribution in [0.4, 0.5) is 30.8 Å². The van der Waals surface area contributed by atoms with Crippen LogP contribution in [0.1, 0.15) is 43.9 Å². The van der Waals surface area contributed by atoms with Crippen LogP contribution in [-0.2, 0) is 0 Å². The van der Waals surface area contributed by atoms with Crippen molar-refractivity contribution in [1.82, 2.24) is 30.0 Å². The molecular weight excluding hydrogens is 449 g/mol. The molecule has 2 saturated heterocycles. The standard InChI is InChI=1S/C22H25F3N8O/c1-32(14-5-3-2-4-6-14)21-29-17(28-20(26)30-21)18-27-19(34-31-18)13-11-15-7-8-16(12-13)33(15)10-9-22(23,24)25/h2-6,13,15-16H,7-12H2,1H3,(H2,26,28,29,30)/t13?,15-,16+. The van der Waals surface area contributed by atoms with Crippen molar-refractivity contribution in [2.75, 3.05) is 24.2 Å². The van der Waals surface area contributed by atoms with Crippen LogP contribution in [0, 0.1) is 0 Å². The molecule has 2 aliphatic heterocycles. The molecule has 2 bridgehead atoms. The third-order valence-corrected chi connectivity index (χ3v) is 6.61. The molecule has 0 spiro atoms. The number of nitrogens with zero attached hydrogens (tertiary/aromatic N) is 7. The first-order valence-electron chi connectivity index (χ1n) is 11.2. The lowest BCUT2D eigenvalue weighted by Crippen LogP contribution is -2.43. The summed E-state index contributed by atoms with van der Waals surface area (Å²) in [5.74, 6) is 1.23. The van der Waals surface area contributed by atoms with Gasteiger partial charge in [0.2, 0.25) is 29.4 Å². The van der Waals surface area contributed by atoms with Crippen molar-refractivity contribution in [1.29, 1.82) is 0 Å². The van der Waals surface area contributed by atoms with Gasteiger partial charge in [0.05, 0.1) is 6.42 Å². The number of benzene rings is 1. The van der Waals surface area contributed by atoms with Gasteiger partial charge in [0.15, 0.2) is 0 Å². The monoisotopic (exact) mass is 474 g/mol. The number of halogens is 3. The molecule has 34 heavy (non-hydrogen) atoms. The molecule has 9 nitrogen and oxygen atoms in total. The van der Waals surface area contributed by atoms with Crippen LogP contribution in [0.25, 0.3) is 11.6 Å². The molecule has 0 aliphatic carbocycles. The van der Waals surface area contributed by atoms with Gasteiger partial charge in [-0.2, -0.15) is 33.1 Å². The first kappa shape index (κ1) is 22.5. The highest BCUT2D eigenvalue weighted by atomic mass is 19.4. The number of hydrogen-bond acceptors (Lipinski definition) is 9. The second kappa shape index (κ2) is 8.82. The van der Waals surface area contributed by atoms with Gasteiger partial charge in [0, 0.05) is 37.3 Å². The Morgan fingerprint density at radius 1 is 1.03 bits per heavy atom. The Kier molecular flexibility index (Phi) is 5.84. The number of rotatable bonds is 6. The number of nitrogen functional groups attached to an aromatic ring is 1. The van der Waals surface area contributed by atoms with Crippen molar-refractivity contribution < 1.29 is 17.7 Å². The minimum Gasteiger partial charge on any atom is -0.368 e. The topological polar surface area (TPSA) is 110 Å². The third-order valence-electron chi connectivity index (χ3n) is 6.61. The molecule has 3 aromatic rings. The van der Waals surface area contributed by atoms with Gasteiger partial charge in [-0.3, -0.25) is 4.90 Å². The first-order chi connectivity index (χ1) is 16.3. The predicted octanol–water partition coefficient (Wildman–Crippen LogP) is 3.93. The van der Waals surface area contributed by atoms with Crippen LogP contribution < -0.4 is 10.6 Å². The Bertz CT molecular complexity index is 1120. The van der Waals surface area contributed by atoms with E-state index in [9.17, 15) is 13.2 Å². The molecule has 0 saturated carbocycles. The summed E-state index contributed by atoms with van der Waals surface area (Å²) in [5.41, 5.74) is 6.80. The molecule has 12 heteroatoms. The lowest BCUT2D eigenvalue weighted by molar-refractivity contribution is -0.140. The Balaban J connectivity index is 1.32. The molecule has 2 fully saturated rings. The summed E-state index contributed by atoms with van der Waals surface area (Å²) < 4.78 is 43.7. The maximum Gasteiger partial charge on any atom is 0.390 e. The maximum absolute atomic E-state index is 12.7. The van der Waals surface area contributed by atoms with E-state index in [1.807, 2.05) is 42.3 Å². The largest absolute Gasteiger partial charge is 0.390 e. The molecule has 2 N–H and O–H groups in total. The summed E-state index contributed by atoms with van der Waals surface area (Å²) in [7, 11) is 1.82. The zero-order valence-corrected chi connectivity index (χ0v) is 18.6. The summed E-state index contributed by atoms with van der Waals surface area (Å²) in [6.07, 6.45) is -1.76. The number of alkyl halides is 3. The summed E-state index contributed by atoms with van der Waals surface area (Å²) >= 11 is 0. The molecule has 5 rings (SSSR count). The molecule has 0 amide bonds. The van der Waals surface area contributed by atoms with E-state index in [0.29, 0.717) is 24.7 Å². The third kappa shape index (κ3) is 4.67. The van der Waals surface area contributed by atoms with Gasteiger partial charge >= 0.3 is 6.18 Å². The Labute approximate surface area is 194 Å². The van der Waals surface area contributed by atoms with Crippen LogP contribution >= 0.6 is 0 Å². The predicted molar refractivity (Wildman–Crippen MR) is 118 cm³/mol. The van der Waals surface area contributed by atoms with E-state index in [2.05, 4.69) is 25.1 Å². The van der Waals surface area contributed by atoms with Gasteiger partial charge < -0.3 is 15.2 Å². The van der Waals surface area contributed by atoms with Crippen molar-refractivity contribution in [2.24, 2.45) is 0 Å². The average Bonchev–Trinajstić information content (AvgIpc) is 3.39. The van der Waals surface area contributed by atoms with E-state index in [4.69, 9.17) is 10.3 Å². The van der Waals surface area contributed by atoms with E-state index in [0.717, 1.165) is 18.5 Å².